The van der Waals surface area contributed by atoms with E-state index >= 15 is 0 Å². The lowest BCUT2D eigenvalue weighted by Gasteiger charge is -2.16. The first-order chi connectivity index (χ1) is 17.8. The highest BCUT2D eigenvalue weighted by Gasteiger charge is 2.13. The lowest BCUT2D eigenvalue weighted by molar-refractivity contribution is -0.140. The summed E-state index contributed by atoms with van der Waals surface area (Å²) in [6.45, 7) is 20.4. The number of carbonyl (C=O) groups is 1. The van der Waals surface area contributed by atoms with E-state index in [9.17, 15) is 4.79 Å². The van der Waals surface area contributed by atoms with E-state index in [1.165, 1.54) is 0 Å². The van der Waals surface area contributed by atoms with Gasteiger partial charge in [-0.25, -0.2) is 4.79 Å². The summed E-state index contributed by atoms with van der Waals surface area (Å²) in [4.78, 5) is 11.2. The van der Waals surface area contributed by atoms with Gasteiger partial charge in [-0.15, -0.1) is 0 Å². The van der Waals surface area contributed by atoms with E-state index in [2.05, 4.69) is 26.2 Å². The maximum atomic E-state index is 11.2. The summed E-state index contributed by atoms with van der Waals surface area (Å²) in [5, 5.41) is 0. The lowest BCUT2D eigenvalue weighted by atomic mass is 10.4. The molecule has 0 aliphatic rings. The van der Waals surface area contributed by atoms with Crippen molar-refractivity contribution in [3.05, 3.63) is 12.2 Å². The summed E-state index contributed by atoms with van der Waals surface area (Å²) in [5.41, 5.74) is 0.373. The van der Waals surface area contributed by atoms with Gasteiger partial charge in [0.1, 0.15) is 6.61 Å². The standard InChI is InChI=1S/C25H50O11Si/c1-24(2)25(26)35-22-20-33-18-16-31-14-12-29-10-8-27-6-7-28-9-11-30-13-15-32-17-19-34-21-23-36-37(3,4)5/h1,6-23H2,2-5H3. The minimum Gasteiger partial charge on any atom is -0.460 e. The number of carbonyl (C=O) groups excluding carboxylic acids is 1. The Morgan fingerprint density at radius 1 is 0.486 bits per heavy atom. The third kappa shape index (κ3) is 31.2. The van der Waals surface area contributed by atoms with Gasteiger partial charge in [-0.05, 0) is 26.6 Å². The molecule has 0 spiro atoms. The summed E-state index contributed by atoms with van der Waals surface area (Å²) in [7, 11) is -1.45. The molecule has 0 aliphatic heterocycles. The van der Waals surface area contributed by atoms with Crippen molar-refractivity contribution in [2.45, 2.75) is 26.6 Å². The first-order valence-corrected chi connectivity index (χ1v) is 16.3. The highest BCUT2D eigenvalue weighted by molar-refractivity contribution is 6.69. The molecular weight excluding hydrogens is 504 g/mol. The van der Waals surface area contributed by atoms with Gasteiger partial charge in [0, 0.05) is 5.57 Å². The largest absolute Gasteiger partial charge is 0.460 e. The van der Waals surface area contributed by atoms with Crippen LogP contribution in [0.3, 0.4) is 0 Å². The molecule has 12 heteroatoms. The van der Waals surface area contributed by atoms with Gasteiger partial charge in [-0.1, -0.05) is 6.58 Å². The number of esters is 1. The summed E-state index contributed by atoms with van der Waals surface area (Å²) in [6.07, 6.45) is 0. The molecule has 0 bridgehead atoms. The Morgan fingerprint density at radius 3 is 0.973 bits per heavy atom. The van der Waals surface area contributed by atoms with Gasteiger partial charge in [0.2, 0.25) is 0 Å². The van der Waals surface area contributed by atoms with Crippen LogP contribution >= 0.6 is 0 Å². The third-order valence-corrected chi connectivity index (χ3v) is 5.25. The highest BCUT2D eigenvalue weighted by atomic mass is 28.4. The molecule has 0 aromatic heterocycles. The van der Waals surface area contributed by atoms with E-state index in [1.807, 2.05) is 0 Å². The minimum absolute atomic E-state index is 0.204. The molecular formula is C25H50O11Si. The molecule has 0 saturated heterocycles. The van der Waals surface area contributed by atoms with Crippen LogP contribution in [0, 0.1) is 0 Å². The van der Waals surface area contributed by atoms with Gasteiger partial charge < -0.3 is 47.1 Å². The molecule has 0 N–H and O–H groups in total. The monoisotopic (exact) mass is 554 g/mol. The molecule has 0 aliphatic carbocycles. The molecule has 0 aromatic rings. The number of hydrogen-bond acceptors (Lipinski definition) is 11. The molecule has 0 fully saturated rings. The van der Waals surface area contributed by atoms with Crippen LogP contribution in [0.2, 0.25) is 19.6 Å². The zero-order chi connectivity index (χ0) is 27.5. The van der Waals surface area contributed by atoms with Crippen molar-refractivity contribution in [3.63, 3.8) is 0 Å². The molecule has 0 unspecified atom stereocenters. The van der Waals surface area contributed by atoms with Crippen LogP contribution in [0.1, 0.15) is 6.92 Å². The average Bonchev–Trinajstić information content (AvgIpc) is 2.84. The third-order valence-electron chi connectivity index (χ3n) is 4.18. The molecule has 0 heterocycles. The maximum Gasteiger partial charge on any atom is 0.333 e. The van der Waals surface area contributed by atoms with E-state index in [4.69, 9.17) is 47.1 Å². The van der Waals surface area contributed by atoms with Crippen LogP contribution in [0.25, 0.3) is 0 Å². The van der Waals surface area contributed by atoms with Crippen LogP contribution in [-0.2, 0) is 51.9 Å². The molecule has 0 saturated carbocycles. The summed E-state index contributed by atoms with van der Waals surface area (Å²) < 4.78 is 53.9. The second-order valence-corrected chi connectivity index (χ2v) is 13.3. The first-order valence-electron chi connectivity index (χ1n) is 12.9. The van der Waals surface area contributed by atoms with Gasteiger partial charge >= 0.3 is 5.97 Å². The molecule has 220 valence electrons. The molecule has 0 amide bonds. The second-order valence-electron chi connectivity index (χ2n) is 8.78. The Labute approximate surface area is 224 Å². The van der Waals surface area contributed by atoms with Gasteiger partial charge in [0.15, 0.2) is 8.32 Å². The summed E-state index contributed by atoms with van der Waals surface area (Å²) in [6, 6.07) is 0. The van der Waals surface area contributed by atoms with Crippen LogP contribution in [0.5, 0.6) is 0 Å². The predicted octanol–water partition coefficient (Wildman–Crippen LogP) is 2.09. The number of hydrogen-bond donors (Lipinski definition) is 0. The molecule has 11 nitrogen and oxygen atoms in total. The van der Waals surface area contributed by atoms with E-state index in [1.54, 1.807) is 6.92 Å². The van der Waals surface area contributed by atoms with Crippen LogP contribution < -0.4 is 0 Å². The lowest BCUT2D eigenvalue weighted by Crippen LogP contribution is -2.27. The first kappa shape index (κ1) is 36.1. The van der Waals surface area contributed by atoms with Crippen molar-refractivity contribution in [2.75, 3.05) is 119 Å². The van der Waals surface area contributed by atoms with E-state index in [-0.39, 0.29) is 6.61 Å². The average molecular weight is 555 g/mol. The fraction of sp³-hybridized carbons (Fsp3) is 0.880. The van der Waals surface area contributed by atoms with Gasteiger partial charge in [0.05, 0.1) is 112 Å². The van der Waals surface area contributed by atoms with Crippen molar-refractivity contribution < 1.29 is 51.9 Å². The molecule has 0 aromatic carbocycles. The SMILES string of the molecule is C=C(C)C(=O)OCCOCCOCCOCCOCCOCCOCCOCCOCCO[Si](C)(C)C. The predicted molar refractivity (Wildman–Crippen MR) is 142 cm³/mol. The van der Waals surface area contributed by atoms with Crippen LogP contribution in [0.4, 0.5) is 0 Å². The topological polar surface area (TPSA) is 109 Å². The van der Waals surface area contributed by atoms with E-state index < -0.39 is 14.3 Å². The fourth-order valence-electron chi connectivity index (χ4n) is 2.36. The molecule has 0 radical (unpaired) electrons. The van der Waals surface area contributed by atoms with Crippen LogP contribution in [-0.4, -0.2) is 133 Å². The molecule has 0 rings (SSSR count). The van der Waals surface area contributed by atoms with Crippen molar-refractivity contribution in [1.82, 2.24) is 0 Å². The van der Waals surface area contributed by atoms with Crippen molar-refractivity contribution >= 4 is 14.3 Å². The molecule has 0 atom stereocenters. The van der Waals surface area contributed by atoms with E-state index in [0.717, 1.165) is 0 Å². The maximum absolute atomic E-state index is 11.2. The Balaban J connectivity index is 3.09. The highest BCUT2D eigenvalue weighted by Crippen LogP contribution is 2.01. The van der Waals surface area contributed by atoms with E-state index in [0.29, 0.717) is 118 Å². The van der Waals surface area contributed by atoms with Gasteiger partial charge in [0.25, 0.3) is 0 Å². The summed E-state index contributed by atoms with van der Waals surface area (Å²) >= 11 is 0. The van der Waals surface area contributed by atoms with Gasteiger partial charge in [-0.2, -0.15) is 0 Å². The Morgan fingerprint density at radius 2 is 0.730 bits per heavy atom. The Hall–Kier alpha value is -0.933. The Bertz CT molecular complexity index is 529. The number of ether oxygens (including phenoxy) is 9. The van der Waals surface area contributed by atoms with Crippen LogP contribution in [0.15, 0.2) is 12.2 Å². The van der Waals surface area contributed by atoms with Crippen molar-refractivity contribution in [1.29, 1.82) is 0 Å². The van der Waals surface area contributed by atoms with Gasteiger partial charge in [-0.3, -0.25) is 0 Å². The quantitative estimate of drug-likeness (QED) is 0.0587. The zero-order valence-electron chi connectivity index (χ0n) is 23.4. The molecule has 37 heavy (non-hydrogen) atoms. The summed E-state index contributed by atoms with van der Waals surface area (Å²) in [5.74, 6) is -0.409. The second kappa shape index (κ2) is 26.7. The smallest absolute Gasteiger partial charge is 0.333 e. The number of rotatable bonds is 29. The zero-order valence-corrected chi connectivity index (χ0v) is 24.4. The minimum atomic E-state index is -1.45. The normalized spacial score (nSPS) is 11.7. The van der Waals surface area contributed by atoms with Crippen molar-refractivity contribution in [3.8, 4) is 0 Å². The fourth-order valence-corrected chi connectivity index (χ4v) is 3.06. The Kier molecular flexibility index (Phi) is 26.0. The van der Waals surface area contributed by atoms with Crippen molar-refractivity contribution in [2.24, 2.45) is 0 Å².